The van der Waals surface area contributed by atoms with E-state index in [2.05, 4.69) is 5.32 Å². The van der Waals surface area contributed by atoms with Crippen molar-refractivity contribution in [1.82, 2.24) is 5.32 Å². The Kier molecular flexibility index (Phi) is 5.60. The largest absolute Gasteiger partial charge is 0.387 e. The lowest BCUT2D eigenvalue weighted by Crippen LogP contribution is -2.38. The normalized spacial score (nSPS) is 13.5. The molecule has 0 unspecified atom stereocenters. The molecule has 6 nitrogen and oxygen atoms in total. The summed E-state index contributed by atoms with van der Waals surface area (Å²) < 4.78 is 0. The van der Waals surface area contributed by atoms with Gasteiger partial charge in [0, 0.05) is 31.3 Å². The highest BCUT2D eigenvalue weighted by atomic mass is 16.6. The summed E-state index contributed by atoms with van der Waals surface area (Å²) >= 11 is 0. The van der Waals surface area contributed by atoms with E-state index in [-0.39, 0.29) is 5.69 Å². The highest BCUT2D eigenvalue weighted by Gasteiger charge is 2.17. The number of aliphatic hydroxyl groups excluding tert-OH is 1. The molecular weight excluding hydrogens is 282 g/mol. The second kappa shape index (κ2) is 7.65. The van der Waals surface area contributed by atoms with Gasteiger partial charge in [-0.15, -0.1) is 0 Å². The smallest absolute Gasteiger partial charge is 0.269 e. The van der Waals surface area contributed by atoms with E-state index in [0.29, 0.717) is 18.7 Å². The van der Waals surface area contributed by atoms with Crippen LogP contribution in [0.2, 0.25) is 0 Å². The number of nitrogens with zero attached hydrogens (tertiary/aromatic N) is 1. The van der Waals surface area contributed by atoms with Crippen LogP contribution in [-0.4, -0.2) is 22.6 Å². The summed E-state index contributed by atoms with van der Waals surface area (Å²) in [6.45, 7) is 1.11. The lowest BCUT2D eigenvalue weighted by molar-refractivity contribution is -0.384. The van der Waals surface area contributed by atoms with Gasteiger partial charge >= 0.3 is 0 Å². The number of aliphatic hydroxyl groups is 1. The quantitative estimate of drug-likeness (QED) is 0.534. The number of nitro groups is 1. The van der Waals surface area contributed by atoms with Crippen LogP contribution in [0.3, 0.4) is 0 Å². The Labute approximate surface area is 128 Å². The standard InChI is InChI=1S/C16H19N3O3/c17-15(11-18-10-12-4-2-1-3-5-12)16(20)13-6-8-14(9-7-13)19(21)22/h1-9,15-16,18,20H,10-11,17H2/t15-,16+/m1/s1. The third-order valence-electron chi connectivity index (χ3n) is 3.40. The van der Waals surface area contributed by atoms with Gasteiger partial charge in [-0.1, -0.05) is 30.3 Å². The number of nitrogens with two attached hydrogens (primary N) is 1. The van der Waals surface area contributed by atoms with E-state index < -0.39 is 17.1 Å². The lowest BCUT2D eigenvalue weighted by Gasteiger charge is -2.19. The Bertz CT molecular complexity index is 602. The molecule has 2 rings (SSSR count). The molecule has 0 aliphatic heterocycles. The molecule has 22 heavy (non-hydrogen) atoms. The molecule has 116 valence electrons. The number of hydrogen-bond donors (Lipinski definition) is 3. The predicted octanol–water partition coefficient (Wildman–Crippen LogP) is 1.75. The molecule has 0 bridgehead atoms. The van der Waals surface area contributed by atoms with E-state index in [1.54, 1.807) is 0 Å². The van der Waals surface area contributed by atoms with Crippen LogP contribution < -0.4 is 11.1 Å². The fraction of sp³-hybridized carbons (Fsp3) is 0.250. The number of benzene rings is 2. The second-order valence-electron chi connectivity index (χ2n) is 5.07. The van der Waals surface area contributed by atoms with Gasteiger partial charge in [0.1, 0.15) is 0 Å². The maximum atomic E-state index is 10.6. The molecule has 0 spiro atoms. The third kappa shape index (κ3) is 4.36. The Morgan fingerprint density at radius 2 is 1.77 bits per heavy atom. The minimum atomic E-state index is -0.871. The van der Waals surface area contributed by atoms with Gasteiger partial charge in [-0.05, 0) is 23.3 Å². The Morgan fingerprint density at radius 1 is 1.14 bits per heavy atom. The van der Waals surface area contributed by atoms with Crippen LogP contribution in [-0.2, 0) is 6.54 Å². The van der Waals surface area contributed by atoms with Crippen molar-refractivity contribution in [2.45, 2.75) is 18.7 Å². The van der Waals surface area contributed by atoms with Gasteiger partial charge in [-0.3, -0.25) is 10.1 Å². The number of nitrogens with one attached hydrogen (secondary N) is 1. The summed E-state index contributed by atoms with van der Waals surface area (Å²) in [5.74, 6) is 0. The zero-order valence-corrected chi connectivity index (χ0v) is 12.1. The average molecular weight is 301 g/mol. The van der Waals surface area contributed by atoms with Crippen molar-refractivity contribution >= 4 is 5.69 Å². The van der Waals surface area contributed by atoms with Gasteiger partial charge in [0.25, 0.3) is 5.69 Å². The Hall–Kier alpha value is -2.28. The number of hydrogen-bond acceptors (Lipinski definition) is 5. The molecule has 0 fully saturated rings. The van der Waals surface area contributed by atoms with Gasteiger partial charge in [0.15, 0.2) is 0 Å². The molecule has 0 heterocycles. The van der Waals surface area contributed by atoms with Crippen molar-refractivity contribution in [2.24, 2.45) is 5.73 Å². The molecule has 4 N–H and O–H groups in total. The monoisotopic (exact) mass is 301 g/mol. The van der Waals surface area contributed by atoms with Crippen LogP contribution in [0.15, 0.2) is 54.6 Å². The SMILES string of the molecule is N[C@H](CNCc1ccccc1)[C@@H](O)c1ccc([N+](=O)[O-])cc1. The average Bonchev–Trinajstić information content (AvgIpc) is 2.55. The Balaban J connectivity index is 1.86. The fourth-order valence-corrected chi connectivity index (χ4v) is 2.13. The molecule has 0 aliphatic rings. The molecule has 0 saturated carbocycles. The van der Waals surface area contributed by atoms with Crippen LogP contribution in [0, 0.1) is 10.1 Å². The van der Waals surface area contributed by atoms with Gasteiger partial charge < -0.3 is 16.2 Å². The van der Waals surface area contributed by atoms with Crippen LogP contribution in [0.25, 0.3) is 0 Å². The third-order valence-corrected chi connectivity index (χ3v) is 3.40. The van der Waals surface area contributed by atoms with Gasteiger partial charge in [0.2, 0.25) is 0 Å². The molecule has 0 radical (unpaired) electrons. The number of nitro benzene ring substituents is 1. The van der Waals surface area contributed by atoms with Crippen molar-refractivity contribution in [3.63, 3.8) is 0 Å². The number of rotatable bonds is 7. The first-order chi connectivity index (χ1) is 10.6. The van der Waals surface area contributed by atoms with Crippen LogP contribution in [0.4, 0.5) is 5.69 Å². The minimum Gasteiger partial charge on any atom is -0.387 e. The predicted molar refractivity (Wildman–Crippen MR) is 84.2 cm³/mol. The summed E-state index contributed by atoms with van der Waals surface area (Å²) in [6.07, 6.45) is -0.871. The van der Waals surface area contributed by atoms with E-state index >= 15 is 0 Å². The zero-order chi connectivity index (χ0) is 15.9. The van der Waals surface area contributed by atoms with E-state index in [4.69, 9.17) is 5.73 Å². The van der Waals surface area contributed by atoms with E-state index in [0.717, 1.165) is 5.56 Å². The first kappa shape index (κ1) is 16.1. The lowest BCUT2D eigenvalue weighted by atomic mass is 10.0. The molecule has 2 atom stereocenters. The molecule has 6 heteroatoms. The summed E-state index contributed by atoms with van der Waals surface area (Å²) in [7, 11) is 0. The fourth-order valence-electron chi connectivity index (χ4n) is 2.13. The van der Waals surface area contributed by atoms with Crippen molar-refractivity contribution in [1.29, 1.82) is 0 Å². The molecule has 2 aromatic rings. The summed E-state index contributed by atoms with van der Waals surface area (Å²) in [4.78, 5) is 10.1. The van der Waals surface area contributed by atoms with Crippen molar-refractivity contribution in [3.05, 3.63) is 75.8 Å². The molecule has 0 aromatic heterocycles. The molecule has 2 aromatic carbocycles. The van der Waals surface area contributed by atoms with Crippen molar-refractivity contribution in [3.8, 4) is 0 Å². The van der Waals surface area contributed by atoms with E-state index in [9.17, 15) is 15.2 Å². The van der Waals surface area contributed by atoms with E-state index in [1.165, 1.54) is 24.3 Å². The molecular formula is C16H19N3O3. The van der Waals surface area contributed by atoms with Crippen molar-refractivity contribution < 1.29 is 10.0 Å². The first-order valence-electron chi connectivity index (χ1n) is 7.00. The highest BCUT2D eigenvalue weighted by molar-refractivity contribution is 5.34. The van der Waals surface area contributed by atoms with Crippen molar-refractivity contribution in [2.75, 3.05) is 6.54 Å². The van der Waals surface area contributed by atoms with Gasteiger partial charge in [0.05, 0.1) is 11.0 Å². The summed E-state index contributed by atoms with van der Waals surface area (Å²) in [5.41, 5.74) is 7.66. The van der Waals surface area contributed by atoms with E-state index in [1.807, 2.05) is 30.3 Å². The zero-order valence-electron chi connectivity index (χ0n) is 12.1. The van der Waals surface area contributed by atoms with Crippen LogP contribution in [0.1, 0.15) is 17.2 Å². The topological polar surface area (TPSA) is 101 Å². The second-order valence-corrected chi connectivity index (χ2v) is 5.07. The van der Waals surface area contributed by atoms with Gasteiger partial charge in [-0.2, -0.15) is 0 Å². The Morgan fingerprint density at radius 3 is 2.36 bits per heavy atom. The highest BCUT2D eigenvalue weighted by Crippen LogP contribution is 2.19. The van der Waals surface area contributed by atoms with Gasteiger partial charge in [-0.25, -0.2) is 0 Å². The maximum Gasteiger partial charge on any atom is 0.269 e. The van der Waals surface area contributed by atoms with Crippen LogP contribution in [0.5, 0.6) is 0 Å². The minimum absolute atomic E-state index is 0.00766. The summed E-state index contributed by atoms with van der Waals surface area (Å²) in [6, 6.07) is 15.2. The first-order valence-corrected chi connectivity index (χ1v) is 7.00. The summed E-state index contributed by atoms with van der Waals surface area (Å²) in [5, 5.41) is 24.0. The number of non-ortho nitro benzene ring substituents is 1. The van der Waals surface area contributed by atoms with Crippen LogP contribution >= 0.6 is 0 Å². The molecule has 0 saturated heterocycles. The molecule has 0 amide bonds. The maximum absolute atomic E-state index is 10.6. The molecule has 0 aliphatic carbocycles.